The molecule has 0 aliphatic carbocycles. The average Bonchev–Trinajstić information content (AvgIpc) is 3.35. The lowest BCUT2D eigenvalue weighted by atomic mass is 9.84. The lowest BCUT2D eigenvalue weighted by Gasteiger charge is -2.32. The van der Waals surface area contributed by atoms with Crippen LogP contribution in [0.25, 0.3) is 11.1 Å². The molecule has 3 aromatic rings. The molecule has 3 atom stereocenters. The molecule has 1 fully saturated rings. The second kappa shape index (κ2) is 10.4. The first-order valence-corrected chi connectivity index (χ1v) is 12.9. The van der Waals surface area contributed by atoms with Gasteiger partial charge < -0.3 is 19.7 Å². The van der Waals surface area contributed by atoms with Gasteiger partial charge in [0, 0.05) is 23.7 Å². The Hall–Kier alpha value is -4.02. The van der Waals surface area contributed by atoms with Crippen LogP contribution < -0.4 is 9.47 Å². The number of aromatic hydroxyl groups is 2. The van der Waals surface area contributed by atoms with Gasteiger partial charge in [-0.3, -0.25) is 4.90 Å². The Morgan fingerprint density at radius 1 is 1.16 bits per heavy atom. The number of fused-ring (bicyclic) bond motifs is 1. The van der Waals surface area contributed by atoms with E-state index in [1.165, 1.54) is 36.8 Å². The van der Waals surface area contributed by atoms with Crippen LogP contribution in [0, 0.1) is 23.1 Å². The van der Waals surface area contributed by atoms with Crippen molar-refractivity contribution >= 4 is 11.1 Å². The van der Waals surface area contributed by atoms with Crippen LogP contribution >= 0.6 is 0 Å². The van der Waals surface area contributed by atoms with Gasteiger partial charge in [-0.25, -0.2) is 4.39 Å². The number of hydrogen-bond acceptors (Lipinski definition) is 6. The molecule has 0 radical (unpaired) electrons. The summed E-state index contributed by atoms with van der Waals surface area (Å²) in [6, 6.07) is 17.3. The van der Waals surface area contributed by atoms with Crippen molar-refractivity contribution in [3.63, 3.8) is 0 Å². The fraction of sp³-hybridized carbons (Fsp3) is 0.323. The topological polar surface area (TPSA) is 86.0 Å². The van der Waals surface area contributed by atoms with Crippen LogP contribution in [0.15, 0.2) is 54.6 Å². The highest BCUT2D eigenvalue weighted by atomic mass is 19.1. The third-order valence-corrected chi connectivity index (χ3v) is 7.54. The summed E-state index contributed by atoms with van der Waals surface area (Å²) < 4.78 is 27.4. The van der Waals surface area contributed by atoms with Crippen molar-refractivity contribution in [3.8, 4) is 29.1 Å². The highest BCUT2D eigenvalue weighted by Crippen LogP contribution is 2.49. The van der Waals surface area contributed by atoms with E-state index in [4.69, 9.17) is 9.47 Å². The molecule has 6 nitrogen and oxygen atoms in total. The van der Waals surface area contributed by atoms with E-state index >= 15 is 4.39 Å². The number of nitrogens with zero attached hydrogens (tertiary/aromatic N) is 2. The van der Waals surface area contributed by atoms with Crippen LogP contribution in [0.1, 0.15) is 55.5 Å². The molecule has 0 spiro atoms. The third kappa shape index (κ3) is 4.80. The fourth-order valence-corrected chi connectivity index (χ4v) is 5.37. The number of hydrogen-bond donors (Lipinski definition) is 2. The maximum atomic E-state index is 15.1. The van der Waals surface area contributed by atoms with E-state index in [1.54, 1.807) is 6.92 Å². The quantitative estimate of drug-likeness (QED) is 0.403. The number of benzene rings is 3. The molecule has 0 amide bonds. The zero-order chi connectivity index (χ0) is 27.0. The Balaban J connectivity index is 1.49. The number of allylic oxidation sites excluding steroid dienone is 1. The van der Waals surface area contributed by atoms with Gasteiger partial charge in [0.15, 0.2) is 11.6 Å². The minimum atomic E-state index is -0.792. The summed E-state index contributed by atoms with van der Waals surface area (Å²) in [6.45, 7) is 8.96. The minimum absolute atomic E-state index is 0.0227. The van der Waals surface area contributed by atoms with Crippen molar-refractivity contribution in [2.75, 3.05) is 19.7 Å². The molecule has 2 aliphatic rings. The molecular weight excluding hydrogens is 483 g/mol. The molecule has 1 saturated heterocycles. The SMILES string of the molecule is CC1=C(c2cc(O)ccc2C#N)C(c2ccc(OCC(C)N3CCC(C)C3)cc2)Oc2ccc(O)c(F)c21. The van der Waals surface area contributed by atoms with Crippen LogP contribution in [0.2, 0.25) is 0 Å². The zero-order valence-electron chi connectivity index (χ0n) is 21.7. The number of nitriles is 1. The van der Waals surface area contributed by atoms with E-state index < -0.39 is 17.7 Å². The molecule has 5 rings (SSSR count). The number of phenols is 2. The van der Waals surface area contributed by atoms with E-state index in [0.717, 1.165) is 24.4 Å². The molecule has 2 aliphatic heterocycles. The average molecular weight is 515 g/mol. The molecule has 38 heavy (non-hydrogen) atoms. The summed E-state index contributed by atoms with van der Waals surface area (Å²) in [5.41, 5.74) is 2.73. The second-order valence-corrected chi connectivity index (χ2v) is 10.3. The molecule has 7 heteroatoms. The Labute approximate surface area is 222 Å². The van der Waals surface area contributed by atoms with Crippen LogP contribution in [-0.4, -0.2) is 40.9 Å². The summed E-state index contributed by atoms with van der Waals surface area (Å²) in [5, 5.41) is 30.0. The van der Waals surface area contributed by atoms with Crippen LogP contribution in [0.5, 0.6) is 23.0 Å². The van der Waals surface area contributed by atoms with E-state index in [2.05, 4.69) is 24.8 Å². The molecule has 196 valence electrons. The van der Waals surface area contributed by atoms with Crippen LogP contribution in [-0.2, 0) is 0 Å². The van der Waals surface area contributed by atoms with Gasteiger partial charge in [0.25, 0.3) is 0 Å². The summed E-state index contributed by atoms with van der Waals surface area (Å²) in [5.74, 6) is 0.440. The van der Waals surface area contributed by atoms with E-state index in [9.17, 15) is 15.5 Å². The summed E-state index contributed by atoms with van der Waals surface area (Å²) >= 11 is 0. The van der Waals surface area contributed by atoms with Crippen LogP contribution in [0.4, 0.5) is 4.39 Å². The highest BCUT2D eigenvalue weighted by molar-refractivity contribution is 5.97. The second-order valence-electron chi connectivity index (χ2n) is 10.3. The largest absolute Gasteiger partial charge is 0.508 e. The zero-order valence-corrected chi connectivity index (χ0v) is 21.7. The molecule has 3 unspecified atom stereocenters. The van der Waals surface area contributed by atoms with Gasteiger partial charge in [-0.1, -0.05) is 19.1 Å². The normalized spacial score (nSPS) is 20.0. The number of halogens is 1. The molecule has 2 N–H and O–H groups in total. The maximum Gasteiger partial charge on any atom is 0.176 e. The minimum Gasteiger partial charge on any atom is -0.508 e. The molecule has 0 aromatic heterocycles. The molecule has 3 aromatic carbocycles. The lowest BCUT2D eigenvalue weighted by molar-refractivity contribution is 0.169. The van der Waals surface area contributed by atoms with E-state index in [0.29, 0.717) is 46.6 Å². The van der Waals surface area contributed by atoms with Gasteiger partial charge in [-0.05, 0) is 86.3 Å². The number of phenolic OH excluding ortho intramolecular Hbond substituents is 2. The monoisotopic (exact) mass is 514 g/mol. The Morgan fingerprint density at radius 2 is 1.92 bits per heavy atom. The standard InChI is InChI=1S/C31H31FN2O4/c1-18-12-13-34(16-18)19(2)17-37-24-8-5-21(6-9-24)31-28(25-14-23(35)7-4-22(25)15-33)20(3)29-27(38-31)11-10-26(36)30(29)32/h4-11,14,18-19,31,35-36H,12-13,16-17H2,1-3H3. The van der Waals surface area contributed by atoms with Gasteiger partial charge in [-0.15, -0.1) is 0 Å². The molecule has 2 heterocycles. The van der Waals surface area contributed by atoms with E-state index in [-0.39, 0.29) is 11.3 Å². The molecule has 0 bridgehead atoms. The van der Waals surface area contributed by atoms with Gasteiger partial charge >= 0.3 is 0 Å². The molecular formula is C31H31FN2O4. The number of ether oxygens (including phenoxy) is 2. The van der Waals surface area contributed by atoms with E-state index in [1.807, 2.05) is 24.3 Å². The van der Waals surface area contributed by atoms with Crippen LogP contribution in [0.3, 0.4) is 0 Å². The third-order valence-electron chi connectivity index (χ3n) is 7.54. The highest BCUT2D eigenvalue weighted by Gasteiger charge is 2.33. The Kier molecular flexibility index (Phi) is 7.00. The summed E-state index contributed by atoms with van der Waals surface area (Å²) in [7, 11) is 0. The molecule has 0 saturated carbocycles. The van der Waals surface area contributed by atoms with Crippen molar-refractivity contribution < 1.29 is 24.1 Å². The smallest absolute Gasteiger partial charge is 0.176 e. The van der Waals surface area contributed by atoms with Crippen molar-refractivity contribution in [3.05, 3.63) is 82.7 Å². The summed E-state index contributed by atoms with van der Waals surface area (Å²) in [4.78, 5) is 2.45. The van der Waals surface area contributed by atoms with Crippen molar-refractivity contribution in [2.24, 2.45) is 5.92 Å². The van der Waals surface area contributed by atoms with Crippen molar-refractivity contribution in [2.45, 2.75) is 39.3 Å². The number of rotatable bonds is 6. The number of likely N-dealkylation sites (tertiary alicyclic amines) is 1. The first-order valence-electron chi connectivity index (χ1n) is 12.9. The maximum absolute atomic E-state index is 15.1. The lowest BCUT2D eigenvalue weighted by Crippen LogP contribution is -2.35. The Bertz CT molecular complexity index is 1430. The van der Waals surface area contributed by atoms with Crippen molar-refractivity contribution in [1.29, 1.82) is 5.26 Å². The first kappa shape index (κ1) is 25.6. The Morgan fingerprint density at radius 3 is 2.61 bits per heavy atom. The van der Waals surface area contributed by atoms with Gasteiger partial charge in [0.2, 0.25) is 0 Å². The summed E-state index contributed by atoms with van der Waals surface area (Å²) in [6.07, 6.45) is 0.536. The van der Waals surface area contributed by atoms with Crippen molar-refractivity contribution in [1.82, 2.24) is 4.90 Å². The fourth-order valence-electron chi connectivity index (χ4n) is 5.37. The van der Waals surface area contributed by atoms with Gasteiger partial charge in [0.05, 0.1) is 17.2 Å². The van der Waals surface area contributed by atoms with Gasteiger partial charge in [0.1, 0.15) is 30.0 Å². The predicted molar refractivity (Wildman–Crippen MR) is 143 cm³/mol. The predicted octanol–water partition coefficient (Wildman–Crippen LogP) is 6.28. The van der Waals surface area contributed by atoms with Gasteiger partial charge in [-0.2, -0.15) is 5.26 Å². The first-order chi connectivity index (χ1) is 18.3.